The van der Waals surface area contributed by atoms with E-state index in [1.165, 1.54) is 23.5 Å². The summed E-state index contributed by atoms with van der Waals surface area (Å²) in [7, 11) is 0. The molecule has 0 aliphatic carbocycles. The number of nitrogens with zero attached hydrogens (tertiary/aromatic N) is 3. The van der Waals surface area contributed by atoms with E-state index in [-0.39, 0.29) is 17.7 Å². The number of thiophene rings is 1. The third-order valence-electron chi connectivity index (χ3n) is 5.64. The normalized spacial score (nSPS) is 16.3. The highest BCUT2D eigenvalue weighted by atomic mass is 32.1. The van der Waals surface area contributed by atoms with E-state index >= 15 is 0 Å². The Morgan fingerprint density at radius 1 is 1.15 bits per heavy atom. The number of hydrogen-bond donors (Lipinski definition) is 1. The standard InChI is InChI=1S/C25H21FN4O2S/c1-3-16-7-4-10-19(13-16)30-15(2)21(24-28-23(29-32-24)20-11-6-12-33-20)22(27-25(30)31)17-8-5-9-18(26)14-17/h4-14,22H,3H2,1-2H3,(H,27,31). The highest BCUT2D eigenvalue weighted by Crippen LogP contribution is 2.39. The first-order valence-corrected chi connectivity index (χ1v) is 11.5. The molecule has 2 aromatic carbocycles. The lowest BCUT2D eigenvalue weighted by Crippen LogP contribution is -2.46. The summed E-state index contributed by atoms with van der Waals surface area (Å²) >= 11 is 1.51. The monoisotopic (exact) mass is 460 g/mol. The van der Waals surface area contributed by atoms with Crippen LogP contribution in [0.1, 0.15) is 36.9 Å². The number of aryl methyl sites for hydroxylation is 1. The molecule has 5 rings (SSSR count). The molecule has 0 saturated carbocycles. The van der Waals surface area contributed by atoms with Gasteiger partial charge in [0.2, 0.25) is 5.82 Å². The highest BCUT2D eigenvalue weighted by molar-refractivity contribution is 7.13. The zero-order chi connectivity index (χ0) is 22.9. The van der Waals surface area contributed by atoms with Gasteiger partial charge in [0.05, 0.1) is 22.2 Å². The summed E-state index contributed by atoms with van der Waals surface area (Å²) in [6.45, 7) is 3.90. The van der Waals surface area contributed by atoms with E-state index in [0.29, 0.717) is 22.7 Å². The molecule has 0 saturated heterocycles. The van der Waals surface area contributed by atoms with E-state index < -0.39 is 6.04 Å². The predicted octanol–water partition coefficient (Wildman–Crippen LogP) is 6.20. The van der Waals surface area contributed by atoms with Gasteiger partial charge in [0.15, 0.2) is 0 Å². The Bertz CT molecular complexity index is 1350. The molecule has 2 aromatic heterocycles. The highest BCUT2D eigenvalue weighted by Gasteiger charge is 2.36. The first kappa shape index (κ1) is 21.1. The van der Waals surface area contributed by atoms with Crippen LogP contribution in [0.2, 0.25) is 0 Å². The van der Waals surface area contributed by atoms with Crippen molar-refractivity contribution < 1.29 is 13.7 Å². The van der Waals surface area contributed by atoms with Crippen LogP contribution < -0.4 is 10.2 Å². The number of hydrogen-bond acceptors (Lipinski definition) is 5. The molecule has 1 aliphatic heterocycles. The van der Waals surface area contributed by atoms with E-state index in [0.717, 1.165) is 22.5 Å². The van der Waals surface area contributed by atoms with Gasteiger partial charge in [0.1, 0.15) is 5.82 Å². The molecule has 1 atom stereocenters. The second kappa shape index (κ2) is 8.63. The molecule has 1 unspecified atom stereocenters. The number of carbonyl (C=O) groups excluding carboxylic acids is 1. The Morgan fingerprint density at radius 3 is 2.76 bits per heavy atom. The van der Waals surface area contributed by atoms with Gasteiger partial charge < -0.3 is 9.84 Å². The van der Waals surface area contributed by atoms with Crippen molar-refractivity contribution in [2.75, 3.05) is 4.90 Å². The summed E-state index contributed by atoms with van der Waals surface area (Å²) in [5.41, 5.74) is 3.70. The van der Waals surface area contributed by atoms with Crippen LogP contribution in [0.5, 0.6) is 0 Å². The van der Waals surface area contributed by atoms with Crippen molar-refractivity contribution in [2.24, 2.45) is 0 Å². The number of rotatable bonds is 5. The predicted molar refractivity (Wildman–Crippen MR) is 126 cm³/mol. The first-order valence-electron chi connectivity index (χ1n) is 10.6. The molecule has 6 nitrogen and oxygen atoms in total. The average Bonchev–Trinajstić information content (AvgIpc) is 3.51. The zero-order valence-corrected chi connectivity index (χ0v) is 18.9. The van der Waals surface area contributed by atoms with Gasteiger partial charge in [-0.05, 0) is 60.2 Å². The minimum atomic E-state index is -0.643. The first-order chi connectivity index (χ1) is 16.0. The van der Waals surface area contributed by atoms with Crippen molar-refractivity contribution in [3.05, 3.63) is 94.6 Å². The van der Waals surface area contributed by atoms with Gasteiger partial charge in [-0.2, -0.15) is 4.98 Å². The van der Waals surface area contributed by atoms with Crippen molar-refractivity contribution in [3.63, 3.8) is 0 Å². The van der Waals surface area contributed by atoms with Crippen molar-refractivity contribution in [1.82, 2.24) is 15.5 Å². The SMILES string of the molecule is CCc1cccc(N2C(=O)NC(c3cccc(F)c3)C(c3nc(-c4cccs4)no3)=C2C)c1. The number of amides is 2. The van der Waals surface area contributed by atoms with Crippen molar-refractivity contribution in [3.8, 4) is 10.7 Å². The number of benzene rings is 2. The number of aromatic nitrogens is 2. The molecule has 4 aromatic rings. The van der Waals surface area contributed by atoms with Gasteiger partial charge in [-0.15, -0.1) is 11.3 Å². The Kier molecular flexibility index (Phi) is 5.51. The molecule has 0 radical (unpaired) electrons. The number of anilines is 1. The molecular formula is C25H21FN4O2S. The second-order valence-electron chi connectivity index (χ2n) is 7.70. The molecule has 33 heavy (non-hydrogen) atoms. The lowest BCUT2D eigenvalue weighted by Gasteiger charge is -2.35. The van der Waals surface area contributed by atoms with Crippen LogP contribution in [0.3, 0.4) is 0 Å². The molecule has 8 heteroatoms. The van der Waals surface area contributed by atoms with Gasteiger partial charge in [-0.1, -0.05) is 42.4 Å². The van der Waals surface area contributed by atoms with E-state index in [4.69, 9.17) is 4.52 Å². The van der Waals surface area contributed by atoms with E-state index in [1.54, 1.807) is 17.0 Å². The Balaban J connectivity index is 1.67. The van der Waals surface area contributed by atoms with Crippen LogP contribution in [-0.2, 0) is 6.42 Å². The zero-order valence-electron chi connectivity index (χ0n) is 18.1. The fourth-order valence-corrected chi connectivity index (χ4v) is 4.67. The van der Waals surface area contributed by atoms with Gasteiger partial charge in [0, 0.05) is 5.70 Å². The van der Waals surface area contributed by atoms with Gasteiger partial charge in [-0.25, -0.2) is 9.18 Å². The minimum absolute atomic E-state index is 0.279. The van der Waals surface area contributed by atoms with E-state index in [1.807, 2.05) is 48.7 Å². The van der Waals surface area contributed by atoms with Crippen LogP contribution in [0.4, 0.5) is 14.9 Å². The fraction of sp³-hybridized carbons (Fsp3) is 0.160. The van der Waals surface area contributed by atoms with E-state index in [2.05, 4.69) is 22.4 Å². The summed E-state index contributed by atoms with van der Waals surface area (Å²) in [4.78, 5) is 20.3. The topological polar surface area (TPSA) is 71.3 Å². The van der Waals surface area contributed by atoms with Crippen LogP contribution in [0.15, 0.2) is 76.3 Å². The summed E-state index contributed by atoms with van der Waals surface area (Å²) < 4.78 is 19.7. The van der Waals surface area contributed by atoms with Crippen molar-refractivity contribution in [1.29, 1.82) is 0 Å². The Morgan fingerprint density at radius 2 is 2.00 bits per heavy atom. The number of urea groups is 1. The third-order valence-corrected chi connectivity index (χ3v) is 6.51. The van der Waals surface area contributed by atoms with Crippen LogP contribution in [-0.4, -0.2) is 16.2 Å². The van der Waals surface area contributed by atoms with Crippen LogP contribution in [0, 0.1) is 5.82 Å². The van der Waals surface area contributed by atoms with E-state index in [9.17, 15) is 9.18 Å². The molecular weight excluding hydrogens is 439 g/mol. The average molecular weight is 461 g/mol. The summed E-state index contributed by atoms with van der Waals surface area (Å²) in [5.74, 6) is 0.359. The van der Waals surface area contributed by atoms with Gasteiger partial charge in [0.25, 0.3) is 5.89 Å². The molecule has 0 fully saturated rings. The van der Waals surface area contributed by atoms with Gasteiger partial charge in [-0.3, -0.25) is 4.90 Å². The molecule has 2 amide bonds. The van der Waals surface area contributed by atoms with Crippen molar-refractivity contribution >= 4 is 28.6 Å². The van der Waals surface area contributed by atoms with Crippen LogP contribution >= 0.6 is 11.3 Å². The van der Waals surface area contributed by atoms with Crippen molar-refractivity contribution in [2.45, 2.75) is 26.3 Å². The maximum atomic E-state index is 14.1. The number of nitrogens with one attached hydrogen (secondary N) is 1. The smallest absolute Gasteiger partial charge is 0.326 e. The minimum Gasteiger partial charge on any atom is -0.334 e. The number of allylic oxidation sites excluding steroid dienone is 1. The summed E-state index contributed by atoms with van der Waals surface area (Å²) in [6, 6.07) is 16.8. The Hall–Kier alpha value is -3.78. The number of carbonyl (C=O) groups is 1. The fourth-order valence-electron chi connectivity index (χ4n) is 4.02. The summed E-state index contributed by atoms with van der Waals surface area (Å²) in [5, 5.41) is 9.09. The largest absolute Gasteiger partial charge is 0.334 e. The van der Waals surface area contributed by atoms with Crippen LogP contribution in [0.25, 0.3) is 16.3 Å². The lowest BCUT2D eigenvalue weighted by molar-refractivity contribution is 0.244. The molecule has 3 heterocycles. The molecule has 0 bridgehead atoms. The quantitative estimate of drug-likeness (QED) is 0.385. The maximum Gasteiger partial charge on any atom is 0.326 e. The molecule has 1 aliphatic rings. The molecule has 166 valence electrons. The maximum absolute atomic E-state index is 14.1. The second-order valence-corrected chi connectivity index (χ2v) is 8.64. The molecule has 0 spiro atoms. The Labute approximate surface area is 194 Å². The molecule has 1 N–H and O–H groups in total. The summed E-state index contributed by atoms with van der Waals surface area (Å²) in [6.07, 6.45) is 0.846. The lowest BCUT2D eigenvalue weighted by atomic mass is 9.94. The third kappa shape index (κ3) is 3.93. The number of halogens is 1. The van der Waals surface area contributed by atoms with Gasteiger partial charge >= 0.3 is 6.03 Å².